The molecule has 0 fully saturated rings. The van der Waals surface area contributed by atoms with Crippen molar-refractivity contribution in [3.8, 4) is 11.1 Å². The molecule has 8 aromatic rings. The van der Waals surface area contributed by atoms with Crippen molar-refractivity contribution in [2.45, 2.75) is 0 Å². The molecule has 0 aliphatic rings. The molecule has 0 amide bonds. The first kappa shape index (κ1) is 22.6. The van der Waals surface area contributed by atoms with Crippen molar-refractivity contribution in [3.63, 3.8) is 0 Å². The van der Waals surface area contributed by atoms with Crippen LogP contribution in [0.2, 0.25) is 0 Å². The summed E-state index contributed by atoms with van der Waals surface area (Å²) in [7, 11) is 0. The maximum absolute atomic E-state index is 6.29. The highest BCUT2D eigenvalue weighted by Crippen LogP contribution is 2.41. The third kappa shape index (κ3) is 3.73. The molecule has 1 heterocycles. The predicted molar refractivity (Wildman–Crippen MR) is 169 cm³/mol. The van der Waals surface area contributed by atoms with Crippen LogP contribution in [0.25, 0.3) is 54.6 Å². The topological polar surface area (TPSA) is 16.4 Å². The van der Waals surface area contributed by atoms with Gasteiger partial charge in [-0.1, -0.05) is 103 Å². The van der Waals surface area contributed by atoms with Gasteiger partial charge in [0.25, 0.3) is 0 Å². The lowest BCUT2D eigenvalue weighted by Crippen LogP contribution is -2.10. The minimum absolute atomic E-state index is 0.886. The number of hydrogen-bond donors (Lipinski definition) is 0. The molecule has 0 atom stereocenters. The van der Waals surface area contributed by atoms with E-state index in [0.29, 0.717) is 0 Å². The van der Waals surface area contributed by atoms with Crippen molar-refractivity contribution >= 4 is 60.5 Å². The number of rotatable bonds is 4. The molecule has 0 aliphatic carbocycles. The van der Waals surface area contributed by atoms with Crippen LogP contribution in [0.3, 0.4) is 0 Å². The number of para-hydroxylation sites is 1. The second kappa shape index (κ2) is 9.14. The minimum atomic E-state index is 0.886. The lowest BCUT2D eigenvalue weighted by Gasteiger charge is -2.27. The van der Waals surface area contributed by atoms with Gasteiger partial charge in [0.15, 0.2) is 0 Å². The molecule has 0 N–H and O–H groups in total. The van der Waals surface area contributed by atoms with E-state index in [1.807, 2.05) is 12.1 Å². The van der Waals surface area contributed by atoms with E-state index in [9.17, 15) is 0 Å². The second-order valence-electron chi connectivity index (χ2n) is 10.2. The van der Waals surface area contributed by atoms with Crippen molar-refractivity contribution in [1.82, 2.24) is 0 Å². The zero-order valence-corrected chi connectivity index (χ0v) is 21.8. The summed E-state index contributed by atoms with van der Waals surface area (Å²) in [6, 6.07) is 53.9. The first-order valence-corrected chi connectivity index (χ1v) is 13.6. The first-order valence-electron chi connectivity index (χ1n) is 13.6. The average Bonchev–Trinajstić information content (AvgIpc) is 3.39. The number of nitrogens with zero attached hydrogens (tertiary/aromatic N) is 1. The lowest BCUT2D eigenvalue weighted by molar-refractivity contribution is 0.669. The van der Waals surface area contributed by atoms with E-state index >= 15 is 0 Å². The number of anilines is 3. The van der Waals surface area contributed by atoms with Crippen LogP contribution in [-0.2, 0) is 0 Å². The normalized spacial score (nSPS) is 11.5. The Hall–Kier alpha value is -5.34. The lowest BCUT2D eigenvalue weighted by atomic mass is 10.0. The van der Waals surface area contributed by atoms with Crippen molar-refractivity contribution in [2.75, 3.05) is 4.90 Å². The average molecular weight is 512 g/mol. The maximum Gasteiger partial charge on any atom is 0.137 e. The monoisotopic (exact) mass is 511 g/mol. The molecule has 0 aliphatic heterocycles. The standard InChI is InChI=1S/C38H25NO/c1-2-10-29-24-30(17-16-26(29)8-1)27-18-20-31(21-19-27)39(36-14-7-11-28-9-3-4-12-33(28)36)32-22-23-35-34-13-5-6-15-37(34)40-38(35)25-32/h1-25H. The highest BCUT2D eigenvalue weighted by Gasteiger charge is 2.17. The second-order valence-corrected chi connectivity index (χ2v) is 10.2. The summed E-state index contributed by atoms with van der Waals surface area (Å²) in [6.07, 6.45) is 0. The number of furan rings is 1. The molecule has 1 aromatic heterocycles. The summed E-state index contributed by atoms with van der Waals surface area (Å²) in [5.74, 6) is 0. The molecule has 0 bridgehead atoms. The van der Waals surface area contributed by atoms with E-state index < -0.39 is 0 Å². The number of fused-ring (bicyclic) bond motifs is 5. The Labute approximate surface area is 232 Å². The van der Waals surface area contributed by atoms with Gasteiger partial charge in [0.2, 0.25) is 0 Å². The van der Waals surface area contributed by atoms with Crippen LogP contribution in [-0.4, -0.2) is 0 Å². The van der Waals surface area contributed by atoms with E-state index in [4.69, 9.17) is 4.42 Å². The van der Waals surface area contributed by atoms with Gasteiger partial charge in [-0.05, 0) is 69.8 Å². The fraction of sp³-hybridized carbons (Fsp3) is 0. The van der Waals surface area contributed by atoms with Gasteiger partial charge >= 0.3 is 0 Å². The molecule has 0 saturated carbocycles. The van der Waals surface area contributed by atoms with Crippen LogP contribution in [0.5, 0.6) is 0 Å². The van der Waals surface area contributed by atoms with Crippen molar-refractivity contribution in [3.05, 3.63) is 152 Å². The molecular weight excluding hydrogens is 486 g/mol. The van der Waals surface area contributed by atoms with Crippen molar-refractivity contribution in [2.24, 2.45) is 0 Å². The Bertz CT molecular complexity index is 2170. The summed E-state index contributed by atoms with van der Waals surface area (Å²) < 4.78 is 6.29. The molecule has 2 heteroatoms. The van der Waals surface area contributed by atoms with Crippen LogP contribution in [0.1, 0.15) is 0 Å². The van der Waals surface area contributed by atoms with E-state index in [1.165, 1.54) is 32.7 Å². The summed E-state index contributed by atoms with van der Waals surface area (Å²) in [5.41, 5.74) is 7.48. The van der Waals surface area contributed by atoms with Crippen molar-refractivity contribution in [1.29, 1.82) is 0 Å². The van der Waals surface area contributed by atoms with Gasteiger partial charge in [-0.2, -0.15) is 0 Å². The smallest absolute Gasteiger partial charge is 0.137 e. The third-order valence-electron chi connectivity index (χ3n) is 7.84. The first-order chi connectivity index (χ1) is 19.8. The van der Waals surface area contributed by atoms with Crippen LogP contribution in [0.15, 0.2) is 156 Å². The molecule has 0 unspecified atom stereocenters. The third-order valence-corrected chi connectivity index (χ3v) is 7.84. The predicted octanol–water partition coefficient (Wildman–Crippen LogP) is 11.0. The summed E-state index contributed by atoms with van der Waals surface area (Å²) >= 11 is 0. The Kier molecular flexibility index (Phi) is 5.17. The fourth-order valence-electron chi connectivity index (χ4n) is 5.86. The van der Waals surface area contributed by atoms with Gasteiger partial charge in [-0.25, -0.2) is 0 Å². The maximum atomic E-state index is 6.29. The number of benzene rings is 7. The zero-order chi connectivity index (χ0) is 26.5. The van der Waals surface area contributed by atoms with Gasteiger partial charge in [0.05, 0.1) is 5.69 Å². The fourth-order valence-corrected chi connectivity index (χ4v) is 5.86. The van der Waals surface area contributed by atoms with Crippen LogP contribution in [0.4, 0.5) is 17.1 Å². The zero-order valence-electron chi connectivity index (χ0n) is 21.8. The Morgan fingerprint density at radius 2 is 1.02 bits per heavy atom. The van der Waals surface area contributed by atoms with Crippen molar-refractivity contribution < 1.29 is 4.42 Å². The molecule has 40 heavy (non-hydrogen) atoms. The van der Waals surface area contributed by atoms with E-state index in [0.717, 1.165) is 39.0 Å². The Balaban J connectivity index is 1.29. The van der Waals surface area contributed by atoms with E-state index in [1.54, 1.807) is 0 Å². The van der Waals surface area contributed by atoms with E-state index in [-0.39, 0.29) is 0 Å². The van der Waals surface area contributed by atoms with Crippen LogP contribution >= 0.6 is 0 Å². The Morgan fingerprint density at radius 3 is 1.90 bits per heavy atom. The largest absolute Gasteiger partial charge is 0.456 e. The summed E-state index contributed by atoms with van der Waals surface area (Å²) in [5, 5.41) is 7.19. The van der Waals surface area contributed by atoms with Crippen LogP contribution in [0, 0.1) is 0 Å². The molecule has 2 nitrogen and oxygen atoms in total. The molecule has 8 rings (SSSR count). The highest BCUT2D eigenvalue weighted by atomic mass is 16.3. The molecule has 7 aromatic carbocycles. The SMILES string of the molecule is c1ccc2cc(-c3ccc(N(c4ccc5c(c4)oc4ccccc45)c4cccc5ccccc45)cc3)ccc2c1. The summed E-state index contributed by atoms with van der Waals surface area (Å²) in [4.78, 5) is 2.33. The van der Waals surface area contributed by atoms with Gasteiger partial charge < -0.3 is 9.32 Å². The molecule has 0 spiro atoms. The molecule has 0 saturated heterocycles. The number of hydrogen-bond acceptors (Lipinski definition) is 2. The highest BCUT2D eigenvalue weighted by molar-refractivity contribution is 6.07. The van der Waals surface area contributed by atoms with Crippen LogP contribution < -0.4 is 4.90 Å². The Morgan fingerprint density at radius 1 is 0.375 bits per heavy atom. The minimum Gasteiger partial charge on any atom is -0.456 e. The van der Waals surface area contributed by atoms with Gasteiger partial charge in [0.1, 0.15) is 11.2 Å². The summed E-state index contributed by atoms with van der Waals surface area (Å²) in [6.45, 7) is 0. The van der Waals surface area contributed by atoms with Gasteiger partial charge in [-0.15, -0.1) is 0 Å². The molecule has 0 radical (unpaired) electrons. The van der Waals surface area contributed by atoms with E-state index in [2.05, 4.69) is 144 Å². The van der Waals surface area contributed by atoms with Gasteiger partial charge in [0, 0.05) is 33.6 Å². The molecule has 188 valence electrons. The van der Waals surface area contributed by atoms with Gasteiger partial charge in [-0.3, -0.25) is 0 Å². The molecular formula is C38H25NO. The quantitative estimate of drug-likeness (QED) is 0.234.